The molecular formula is C15H15NO3S. The molecule has 4 nitrogen and oxygen atoms in total. The minimum absolute atomic E-state index is 0.0386. The molecule has 5 heteroatoms. The van der Waals surface area contributed by atoms with Gasteiger partial charge in [-0.25, -0.2) is 0 Å². The molecule has 0 unspecified atom stereocenters. The molecule has 0 bridgehead atoms. The van der Waals surface area contributed by atoms with E-state index in [0.29, 0.717) is 0 Å². The Labute approximate surface area is 121 Å². The minimum atomic E-state index is -0.220. The molecule has 1 fully saturated rings. The van der Waals surface area contributed by atoms with Crippen LogP contribution in [0.1, 0.15) is 10.8 Å². The highest BCUT2D eigenvalue weighted by atomic mass is 32.1. The number of methoxy groups -OCH3 is 1. The number of thiophene rings is 1. The summed E-state index contributed by atoms with van der Waals surface area (Å²) in [6.07, 6.45) is 0. The van der Waals surface area contributed by atoms with E-state index in [2.05, 4.69) is 0 Å². The SMILES string of the molecule is COc1ccc(N2C(=O)[C@H](c3cccs3)[C@@H]2CO)cc1. The topological polar surface area (TPSA) is 49.8 Å². The summed E-state index contributed by atoms with van der Waals surface area (Å²) in [5.74, 6) is 0.566. The van der Waals surface area contributed by atoms with E-state index in [4.69, 9.17) is 4.74 Å². The number of nitrogens with zero attached hydrogens (tertiary/aromatic N) is 1. The molecule has 1 aromatic carbocycles. The zero-order valence-electron chi connectivity index (χ0n) is 11.0. The van der Waals surface area contributed by atoms with Gasteiger partial charge in [0.15, 0.2) is 0 Å². The summed E-state index contributed by atoms with van der Waals surface area (Å²) in [5.41, 5.74) is 0.794. The number of carbonyl (C=O) groups is 1. The molecule has 2 heterocycles. The molecular weight excluding hydrogens is 274 g/mol. The Bertz CT molecular complexity index is 594. The van der Waals surface area contributed by atoms with E-state index >= 15 is 0 Å². The predicted molar refractivity (Wildman–Crippen MR) is 78.4 cm³/mol. The Morgan fingerprint density at radius 1 is 1.30 bits per heavy atom. The van der Waals surface area contributed by atoms with E-state index in [1.807, 2.05) is 41.8 Å². The molecule has 1 aliphatic heterocycles. The van der Waals surface area contributed by atoms with Gasteiger partial charge >= 0.3 is 0 Å². The number of rotatable bonds is 4. The fraction of sp³-hybridized carbons (Fsp3) is 0.267. The van der Waals surface area contributed by atoms with Gasteiger partial charge < -0.3 is 14.7 Å². The molecule has 0 radical (unpaired) electrons. The molecule has 1 saturated heterocycles. The van der Waals surface area contributed by atoms with Crippen LogP contribution in [0.4, 0.5) is 5.69 Å². The summed E-state index contributed by atoms with van der Waals surface area (Å²) in [5, 5.41) is 11.5. The summed E-state index contributed by atoms with van der Waals surface area (Å²) in [4.78, 5) is 15.0. The largest absolute Gasteiger partial charge is 0.497 e. The average molecular weight is 289 g/mol. The molecule has 0 aliphatic carbocycles. The van der Waals surface area contributed by atoms with Crippen LogP contribution in [0.3, 0.4) is 0 Å². The maximum Gasteiger partial charge on any atom is 0.237 e. The number of hydrogen-bond donors (Lipinski definition) is 1. The first-order valence-electron chi connectivity index (χ1n) is 6.37. The maximum absolute atomic E-state index is 12.4. The van der Waals surface area contributed by atoms with Crippen LogP contribution in [-0.4, -0.2) is 30.8 Å². The lowest BCUT2D eigenvalue weighted by Gasteiger charge is -2.46. The van der Waals surface area contributed by atoms with Gasteiger partial charge in [-0.2, -0.15) is 0 Å². The van der Waals surface area contributed by atoms with Crippen molar-refractivity contribution in [2.24, 2.45) is 0 Å². The predicted octanol–water partition coefficient (Wildman–Crippen LogP) is 2.25. The monoisotopic (exact) mass is 289 g/mol. The van der Waals surface area contributed by atoms with Gasteiger partial charge in [0.25, 0.3) is 0 Å². The van der Waals surface area contributed by atoms with E-state index in [1.165, 1.54) is 0 Å². The fourth-order valence-corrected chi connectivity index (χ4v) is 3.45. The Morgan fingerprint density at radius 3 is 2.60 bits per heavy atom. The van der Waals surface area contributed by atoms with Gasteiger partial charge in [0.05, 0.1) is 25.7 Å². The van der Waals surface area contributed by atoms with Gasteiger partial charge in [-0.15, -0.1) is 11.3 Å². The van der Waals surface area contributed by atoms with Crippen molar-refractivity contribution in [2.45, 2.75) is 12.0 Å². The Hall–Kier alpha value is -1.85. The van der Waals surface area contributed by atoms with Crippen LogP contribution in [0.2, 0.25) is 0 Å². The van der Waals surface area contributed by atoms with Crippen molar-refractivity contribution in [3.05, 3.63) is 46.7 Å². The molecule has 2 aromatic rings. The molecule has 0 spiro atoms. The number of aliphatic hydroxyl groups excluding tert-OH is 1. The second kappa shape index (κ2) is 5.26. The van der Waals surface area contributed by atoms with Gasteiger partial charge in [0.1, 0.15) is 5.75 Å². The number of β-lactam (4-membered cyclic amide) rings is 1. The average Bonchev–Trinajstić information content (AvgIpc) is 2.99. The van der Waals surface area contributed by atoms with Gasteiger partial charge in [-0.3, -0.25) is 4.79 Å². The fourth-order valence-electron chi connectivity index (χ4n) is 2.57. The standard InChI is InChI=1S/C15H15NO3S/c1-19-11-6-4-10(5-7-11)16-12(9-17)14(15(16)18)13-3-2-8-20-13/h2-8,12,14,17H,9H2,1H3/t12-,14-/m0/s1. The lowest BCUT2D eigenvalue weighted by Crippen LogP contribution is -2.61. The normalized spacial score (nSPS) is 21.7. The Balaban J connectivity index is 1.85. The highest BCUT2D eigenvalue weighted by Gasteiger charge is 2.48. The minimum Gasteiger partial charge on any atom is -0.497 e. The van der Waals surface area contributed by atoms with Crippen molar-refractivity contribution in [1.29, 1.82) is 0 Å². The molecule has 2 atom stereocenters. The highest BCUT2D eigenvalue weighted by molar-refractivity contribution is 7.10. The van der Waals surface area contributed by atoms with E-state index in [0.717, 1.165) is 16.3 Å². The zero-order valence-corrected chi connectivity index (χ0v) is 11.8. The van der Waals surface area contributed by atoms with Gasteiger partial charge in [-0.1, -0.05) is 6.07 Å². The zero-order chi connectivity index (χ0) is 14.1. The van der Waals surface area contributed by atoms with E-state index in [-0.39, 0.29) is 24.5 Å². The quantitative estimate of drug-likeness (QED) is 0.878. The van der Waals surface area contributed by atoms with Crippen molar-refractivity contribution in [1.82, 2.24) is 0 Å². The van der Waals surface area contributed by atoms with Crippen LogP contribution in [0.5, 0.6) is 5.75 Å². The molecule has 20 heavy (non-hydrogen) atoms. The third-order valence-electron chi connectivity index (χ3n) is 3.61. The summed E-state index contributed by atoms with van der Waals surface area (Å²) in [7, 11) is 1.60. The van der Waals surface area contributed by atoms with Crippen LogP contribution in [0.15, 0.2) is 41.8 Å². The summed E-state index contributed by atoms with van der Waals surface area (Å²) in [6, 6.07) is 11.0. The van der Waals surface area contributed by atoms with E-state index in [9.17, 15) is 9.90 Å². The summed E-state index contributed by atoms with van der Waals surface area (Å²) >= 11 is 1.55. The molecule has 3 rings (SSSR count). The molecule has 1 aromatic heterocycles. The highest BCUT2D eigenvalue weighted by Crippen LogP contribution is 2.41. The number of hydrogen-bond acceptors (Lipinski definition) is 4. The smallest absolute Gasteiger partial charge is 0.237 e. The van der Waals surface area contributed by atoms with Crippen molar-refractivity contribution in [3.8, 4) is 5.75 Å². The van der Waals surface area contributed by atoms with Crippen LogP contribution in [0, 0.1) is 0 Å². The molecule has 0 saturated carbocycles. The van der Waals surface area contributed by atoms with E-state index < -0.39 is 0 Å². The molecule has 1 amide bonds. The first kappa shape index (κ1) is 13.1. The Morgan fingerprint density at radius 2 is 2.05 bits per heavy atom. The molecule has 1 aliphatic rings. The molecule has 104 valence electrons. The number of ether oxygens (including phenoxy) is 1. The third kappa shape index (κ3) is 1.99. The van der Waals surface area contributed by atoms with Crippen molar-refractivity contribution in [3.63, 3.8) is 0 Å². The lowest BCUT2D eigenvalue weighted by atomic mass is 9.86. The van der Waals surface area contributed by atoms with Gasteiger partial charge in [0.2, 0.25) is 5.91 Å². The van der Waals surface area contributed by atoms with Crippen molar-refractivity contribution < 1.29 is 14.6 Å². The van der Waals surface area contributed by atoms with Crippen molar-refractivity contribution in [2.75, 3.05) is 18.6 Å². The number of aliphatic hydroxyl groups is 1. The van der Waals surface area contributed by atoms with Crippen LogP contribution in [-0.2, 0) is 4.79 Å². The van der Waals surface area contributed by atoms with E-state index in [1.54, 1.807) is 23.3 Å². The Kier molecular flexibility index (Phi) is 3.46. The number of amides is 1. The van der Waals surface area contributed by atoms with Gasteiger partial charge in [0, 0.05) is 10.6 Å². The van der Waals surface area contributed by atoms with Crippen LogP contribution < -0.4 is 9.64 Å². The first-order valence-corrected chi connectivity index (χ1v) is 7.25. The summed E-state index contributed by atoms with van der Waals surface area (Å²) in [6.45, 7) is -0.0413. The second-order valence-corrected chi connectivity index (χ2v) is 5.63. The number of anilines is 1. The molecule has 1 N–H and O–H groups in total. The lowest BCUT2D eigenvalue weighted by molar-refractivity contribution is -0.127. The first-order chi connectivity index (χ1) is 9.76. The van der Waals surface area contributed by atoms with Crippen LogP contribution in [0.25, 0.3) is 0 Å². The summed E-state index contributed by atoms with van der Waals surface area (Å²) < 4.78 is 5.11. The number of carbonyl (C=O) groups excluding carboxylic acids is 1. The van der Waals surface area contributed by atoms with Gasteiger partial charge in [-0.05, 0) is 35.7 Å². The van der Waals surface area contributed by atoms with Crippen LogP contribution >= 0.6 is 11.3 Å². The maximum atomic E-state index is 12.4. The van der Waals surface area contributed by atoms with Crippen molar-refractivity contribution >= 4 is 22.9 Å². The third-order valence-corrected chi connectivity index (χ3v) is 4.56. The number of benzene rings is 1. The second-order valence-electron chi connectivity index (χ2n) is 4.65.